The maximum atomic E-state index is 6.17. The van der Waals surface area contributed by atoms with Gasteiger partial charge in [-0.15, -0.1) is 10.2 Å². The smallest absolute Gasteiger partial charge is 0.249 e. The van der Waals surface area contributed by atoms with Crippen molar-refractivity contribution in [1.82, 2.24) is 15.1 Å². The number of benzene rings is 2. The molecule has 5 nitrogen and oxygen atoms in total. The first kappa shape index (κ1) is 18.4. The van der Waals surface area contributed by atoms with Crippen LogP contribution in [0, 0.1) is 13.8 Å². The SMILES string of the molecule is Cc1cc(C)cc(OCCN(C)Cc2nnc(-c3ccccc3Cl)o2)c1. The summed E-state index contributed by atoms with van der Waals surface area (Å²) in [5.41, 5.74) is 3.14. The van der Waals surface area contributed by atoms with E-state index in [1.807, 2.05) is 37.4 Å². The number of aromatic nitrogens is 2. The van der Waals surface area contributed by atoms with Crippen molar-refractivity contribution in [3.63, 3.8) is 0 Å². The molecule has 0 radical (unpaired) electrons. The van der Waals surface area contributed by atoms with Gasteiger partial charge in [-0.1, -0.05) is 29.8 Å². The minimum Gasteiger partial charge on any atom is -0.492 e. The Morgan fingerprint density at radius 3 is 2.54 bits per heavy atom. The molecule has 0 aliphatic rings. The van der Waals surface area contributed by atoms with E-state index in [-0.39, 0.29) is 0 Å². The fourth-order valence-electron chi connectivity index (χ4n) is 2.71. The van der Waals surface area contributed by atoms with Crippen LogP contribution in [0.15, 0.2) is 46.9 Å². The number of aryl methyl sites for hydroxylation is 2. The normalized spacial score (nSPS) is 11.1. The summed E-state index contributed by atoms with van der Waals surface area (Å²) in [6, 6.07) is 13.6. The van der Waals surface area contributed by atoms with Crippen LogP contribution in [-0.4, -0.2) is 35.3 Å². The zero-order valence-corrected chi connectivity index (χ0v) is 16.0. The standard InChI is InChI=1S/C20H22ClN3O2/c1-14-10-15(2)12-16(11-14)25-9-8-24(3)13-19-22-23-20(26-19)17-6-4-5-7-18(17)21/h4-7,10-12H,8-9,13H2,1-3H3. The molecule has 3 aromatic rings. The van der Waals surface area contributed by atoms with E-state index in [4.69, 9.17) is 20.8 Å². The van der Waals surface area contributed by atoms with E-state index < -0.39 is 0 Å². The van der Waals surface area contributed by atoms with Crippen molar-refractivity contribution in [2.75, 3.05) is 20.2 Å². The number of hydrogen-bond acceptors (Lipinski definition) is 5. The molecule has 0 atom stereocenters. The highest BCUT2D eigenvalue weighted by atomic mass is 35.5. The topological polar surface area (TPSA) is 51.4 Å². The molecule has 0 spiro atoms. The molecular weight excluding hydrogens is 350 g/mol. The van der Waals surface area contributed by atoms with Gasteiger partial charge in [0.1, 0.15) is 12.4 Å². The van der Waals surface area contributed by atoms with Gasteiger partial charge in [-0.2, -0.15) is 0 Å². The molecule has 0 N–H and O–H groups in total. The van der Waals surface area contributed by atoms with Gasteiger partial charge in [0, 0.05) is 6.54 Å². The Kier molecular flexibility index (Phi) is 5.91. The summed E-state index contributed by atoms with van der Waals surface area (Å²) in [6.07, 6.45) is 0. The highest BCUT2D eigenvalue weighted by Gasteiger charge is 2.13. The van der Waals surface area contributed by atoms with Crippen LogP contribution in [0.4, 0.5) is 0 Å². The van der Waals surface area contributed by atoms with Crippen LogP contribution in [-0.2, 0) is 6.54 Å². The minimum absolute atomic E-state index is 0.436. The molecule has 0 aliphatic heterocycles. The van der Waals surface area contributed by atoms with Gasteiger partial charge >= 0.3 is 0 Å². The van der Waals surface area contributed by atoms with Crippen LogP contribution >= 0.6 is 11.6 Å². The van der Waals surface area contributed by atoms with Crippen LogP contribution in [0.2, 0.25) is 5.02 Å². The van der Waals surface area contributed by atoms with Crippen molar-refractivity contribution >= 4 is 11.6 Å². The molecule has 1 aromatic heterocycles. The van der Waals surface area contributed by atoms with Crippen LogP contribution in [0.3, 0.4) is 0 Å². The van der Waals surface area contributed by atoms with Crippen molar-refractivity contribution < 1.29 is 9.15 Å². The third-order valence-electron chi connectivity index (χ3n) is 3.91. The van der Waals surface area contributed by atoms with Gasteiger partial charge in [0.2, 0.25) is 11.8 Å². The minimum atomic E-state index is 0.436. The molecule has 3 rings (SSSR count). The first-order valence-electron chi connectivity index (χ1n) is 8.48. The average molecular weight is 372 g/mol. The lowest BCUT2D eigenvalue weighted by molar-refractivity contribution is 0.220. The highest BCUT2D eigenvalue weighted by Crippen LogP contribution is 2.26. The second-order valence-corrected chi connectivity index (χ2v) is 6.80. The Morgan fingerprint density at radius 2 is 1.81 bits per heavy atom. The maximum Gasteiger partial charge on any atom is 0.249 e. The molecule has 0 bridgehead atoms. The summed E-state index contributed by atoms with van der Waals surface area (Å²) in [5.74, 6) is 1.88. The molecule has 1 heterocycles. The van der Waals surface area contributed by atoms with Gasteiger partial charge < -0.3 is 9.15 Å². The van der Waals surface area contributed by atoms with E-state index in [9.17, 15) is 0 Å². The van der Waals surface area contributed by atoms with E-state index in [1.165, 1.54) is 11.1 Å². The first-order chi connectivity index (χ1) is 12.5. The zero-order chi connectivity index (χ0) is 18.5. The van der Waals surface area contributed by atoms with Gasteiger partial charge in [0.05, 0.1) is 17.1 Å². The fourth-order valence-corrected chi connectivity index (χ4v) is 2.92. The first-order valence-corrected chi connectivity index (χ1v) is 8.86. The summed E-state index contributed by atoms with van der Waals surface area (Å²) >= 11 is 6.17. The summed E-state index contributed by atoms with van der Waals surface area (Å²) in [6.45, 7) is 6.02. The lowest BCUT2D eigenvalue weighted by Gasteiger charge is -2.15. The number of likely N-dealkylation sites (N-methyl/N-ethyl adjacent to an activating group) is 1. The van der Waals surface area contributed by atoms with E-state index in [1.54, 1.807) is 6.07 Å². The van der Waals surface area contributed by atoms with Gasteiger partial charge in [-0.05, 0) is 56.3 Å². The largest absolute Gasteiger partial charge is 0.492 e. The third kappa shape index (κ3) is 4.84. The van der Waals surface area contributed by atoms with Crippen LogP contribution in [0.5, 0.6) is 5.75 Å². The molecule has 26 heavy (non-hydrogen) atoms. The Hall–Kier alpha value is -2.37. The number of nitrogens with zero attached hydrogens (tertiary/aromatic N) is 3. The number of rotatable bonds is 7. The van der Waals surface area contributed by atoms with E-state index >= 15 is 0 Å². The number of hydrogen-bond donors (Lipinski definition) is 0. The maximum absolute atomic E-state index is 6.17. The van der Waals surface area contributed by atoms with Gasteiger partial charge in [-0.3, -0.25) is 4.90 Å². The molecule has 0 amide bonds. The molecule has 0 fully saturated rings. The van der Waals surface area contributed by atoms with Crippen LogP contribution in [0.1, 0.15) is 17.0 Å². The monoisotopic (exact) mass is 371 g/mol. The number of halogens is 1. The second-order valence-electron chi connectivity index (χ2n) is 6.39. The zero-order valence-electron chi connectivity index (χ0n) is 15.2. The summed E-state index contributed by atoms with van der Waals surface area (Å²) < 4.78 is 11.6. The molecule has 0 aliphatic carbocycles. The van der Waals surface area contributed by atoms with E-state index in [0.29, 0.717) is 30.0 Å². The Labute approximate surface area is 158 Å². The summed E-state index contributed by atoms with van der Waals surface area (Å²) in [5, 5.41) is 8.79. The molecule has 0 saturated carbocycles. The van der Waals surface area contributed by atoms with Gasteiger partial charge in [-0.25, -0.2) is 0 Å². The lowest BCUT2D eigenvalue weighted by atomic mass is 10.1. The Bertz CT molecular complexity index is 859. The second kappa shape index (κ2) is 8.34. The third-order valence-corrected chi connectivity index (χ3v) is 4.24. The van der Waals surface area contributed by atoms with Crippen molar-refractivity contribution in [1.29, 1.82) is 0 Å². The predicted octanol–water partition coefficient (Wildman–Crippen LogP) is 4.52. The van der Waals surface area contributed by atoms with Crippen molar-refractivity contribution in [2.24, 2.45) is 0 Å². The van der Waals surface area contributed by atoms with Crippen molar-refractivity contribution in [3.05, 3.63) is 64.5 Å². The van der Waals surface area contributed by atoms with Crippen LogP contribution in [0.25, 0.3) is 11.5 Å². The lowest BCUT2D eigenvalue weighted by Crippen LogP contribution is -2.24. The van der Waals surface area contributed by atoms with Crippen molar-refractivity contribution in [2.45, 2.75) is 20.4 Å². The molecule has 0 saturated heterocycles. The van der Waals surface area contributed by atoms with Crippen molar-refractivity contribution in [3.8, 4) is 17.2 Å². The molecular formula is C20H22ClN3O2. The summed E-state index contributed by atoms with van der Waals surface area (Å²) in [4.78, 5) is 2.08. The van der Waals surface area contributed by atoms with Gasteiger partial charge in [0.25, 0.3) is 0 Å². The molecule has 136 valence electrons. The Morgan fingerprint density at radius 1 is 1.08 bits per heavy atom. The highest BCUT2D eigenvalue weighted by molar-refractivity contribution is 6.33. The predicted molar refractivity (Wildman–Crippen MR) is 102 cm³/mol. The molecule has 6 heteroatoms. The Balaban J connectivity index is 1.52. The average Bonchev–Trinajstić information content (AvgIpc) is 3.02. The van der Waals surface area contributed by atoms with Crippen LogP contribution < -0.4 is 4.74 Å². The molecule has 0 unspecified atom stereocenters. The van der Waals surface area contributed by atoms with E-state index in [0.717, 1.165) is 17.9 Å². The fraction of sp³-hybridized carbons (Fsp3) is 0.300. The summed E-state index contributed by atoms with van der Waals surface area (Å²) in [7, 11) is 1.99. The van der Waals surface area contributed by atoms with E-state index in [2.05, 4.69) is 35.0 Å². The molecule has 2 aromatic carbocycles. The van der Waals surface area contributed by atoms with Gasteiger partial charge in [0.15, 0.2) is 0 Å². The quantitative estimate of drug-likeness (QED) is 0.611. The number of ether oxygens (including phenoxy) is 1.